The minimum absolute atomic E-state index is 0.0502. The molecule has 1 amide bonds. The van der Waals surface area contributed by atoms with E-state index in [1.165, 1.54) is 13.2 Å². The van der Waals surface area contributed by atoms with Crippen LogP contribution in [0.2, 0.25) is 0 Å². The summed E-state index contributed by atoms with van der Waals surface area (Å²) < 4.78 is 31.9. The maximum atomic E-state index is 14.6. The van der Waals surface area contributed by atoms with E-state index in [0.717, 1.165) is 38.0 Å². The molecule has 4 aliphatic rings. The molecule has 2 atom stereocenters. The van der Waals surface area contributed by atoms with Crippen molar-refractivity contribution in [3.8, 4) is 22.6 Å². The number of nitrogens with zero attached hydrogens (tertiary/aromatic N) is 1. The van der Waals surface area contributed by atoms with Crippen molar-refractivity contribution in [2.45, 2.75) is 38.8 Å². The number of carbonyl (C=O) groups excluding carboxylic acids is 1. The highest BCUT2D eigenvalue weighted by Crippen LogP contribution is 2.45. The summed E-state index contributed by atoms with van der Waals surface area (Å²) in [6.07, 6.45) is 1.74. The summed E-state index contributed by atoms with van der Waals surface area (Å²) >= 11 is 0. The minimum atomic E-state index is -0.389. The number of piperidine rings is 3. The first-order valence-corrected chi connectivity index (χ1v) is 11.6. The van der Waals surface area contributed by atoms with Crippen molar-refractivity contribution in [1.29, 1.82) is 0 Å². The molecule has 6 nitrogen and oxygen atoms in total. The van der Waals surface area contributed by atoms with Crippen LogP contribution in [0.5, 0.6) is 11.5 Å². The topological polar surface area (TPSA) is 60.0 Å². The maximum absolute atomic E-state index is 14.6. The molecule has 2 bridgehead atoms. The van der Waals surface area contributed by atoms with Gasteiger partial charge in [0.25, 0.3) is 0 Å². The summed E-state index contributed by atoms with van der Waals surface area (Å²) in [5, 5.41) is 3.11. The lowest BCUT2D eigenvalue weighted by molar-refractivity contribution is -0.0361. The van der Waals surface area contributed by atoms with Crippen molar-refractivity contribution >= 4 is 6.09 Å². The second kappa shape index (κ2) is 8.52. The summed E-state index contributed by atoms with van der Waals surface area (Å²) in [6.45, 7) is 7.55. The van der Waals surface area contributed by atoms with Crippen molar-refractivity contribution in [2.75, 3.05) is 33.4 Å². The van der Waals surface area contributed by atoms with E-state index in [1.54, 1.807) is 12.1 Å². The Morgan fingerprint density at radius 2 is 2.00 bits per heavy atom. The van der Waals surface area contributed by atoms with Crippen molar-refractivity contribution in [3.63, 3.8) is 0 Å². The number of methoxy groups -OCH3 is 1. The third-order valence-electron chi connectivity index (χ3n) is 7.31. The van der Waals surface area contributed by atoms with Gasteiger partial charge in [-0.25, -0.2) is 9.18 Å². The third kappa shape index (κ3) is 4.14. The number of carbonyl (C=O) groups is 1. The van der Waals surface area contributed by atoms with E-state index in [0.29, 0.717) is 35.2 Å². The Kier molecular flexibility index (Phi) is 5.69. The zero-order chi connectivity index (χ0) is 23.2. The van der Waals surface area contributed by atoms with E-state index >= 15 is 0 Å². The highest BCUT2D eigenvalue weighted by Gasteiger charge is 2.41. The number of ether oxygens (including phenoxy) is 3. The second-order valence-electron chi connectivity index (χ2n) is 10.0. The quantitative estimate of drug-likeness (QED) is 0.721. The van der Waals surface area contributed by atoms with Crippen LogP contribution < -0.4 is 14.8 Å². The molecule has 0 radical (unpaired) electrons. The van der Waals surface area contributed by atoms with Crippen molar-refractivity contribution in [2.24, 2.45) is 11.3 Å². The second-order valence-corrected chi connectivity index (χ2v) is 10.0. The minimum Gasteiger partial charge on any atom is -0.496 e. The van der Waals surface area contributed by atoms with Crippen LogP contribution in [0.1, 0.15) is 38.3 Å². The van der Waals surface area contributed by atoms with Crippen LogP contribution >= 0.6 is 0 Å². The first-order valence-electron chi connectivity index (χ1n) is 11.6. The van der Waals surface area contributed by atoms with Gasteiger partial charge in [-0.2, -0.15) is 0 Å². The average molecular weight is 455 g/mol. The molecule has 2 aromatic rings. The summed E-state index contributed by atoms with van der Waals surface area (Å²) in [5.41, 5.74) is 1.58. The first kappa shape index (κ1) is 22.0. The number of halogens is 1. The van der Waals surface area contributed by atoms with Crippen molar-refractivity contribution in [3.05, 3.63) is 47.8 Å². The number of hydrogen-bond donors (Lipinski definition) is 1. The average Bonchev–Trinajstić information content (AvgIpc) is 2.81. The van der Waals surface area contributed by atoms with E-state index < -0.39 is 0 Å². The molecule has 1 unspecified atom stereocenters. The Morgan fingerprint density at radius 3 is 2.70 bits per heavy atom. The van der Waals surface area contributed by atoms with E-state index in [2.05, 4.69) is 24.1 Å². The van der Waals surface area contributed by atoms with Crippen LogP contribution in [-0.4, -0.2) is 50.4 Å². The lowest BCUT2D eigenvalue weighted by Crippen LogP contribution is -2.53. The third-order valence-corrected chi connectivity index (χ3v) is 7.31. The Labute approximate surface area is 194 Å². The molecule has 33 heavy (non-hydrogen) atoms. The fourth-order valence-corrected chi connectivity index (χ4v) is 5.38. The van der Waals surface area contributed by atoms with Crippen LogP contribution in [-0.2, 0) is 4.74 Å². The Bertz CT molecular complexity index is 1050. The number of benzene rings is 2. The summed E-state index contributed by atoms with van der Waals surface area (Å²) in [4.78, 5) is 15.3. The van der Waals surface area contributed by atoms with E-state index in [4.69, 9.17) is 14.2 Å². The van der Waals surface area contributed by atoms with E-state index in [1.807, 2.05) is 18.2 Å². The Hall–Kier alpha value is -2.80. The molecule has 4 aliphatic heterocycles. The summed E-state index contributed by atoms with van der Waals surface area (Å²) in [5.74, 6) is 1.18. The highest BCUT2D eigenvalue weighted by molar-refractivity contribution is 5.74. The normalized spacial score (nSPS) is 27.3. The summed E-state index contributed by atoms with van der Waals surface area (Å²) in [7, 11) is 1.52. The molecule has 6 rings (SSSR count). The molecule has 176 valence electrons. The number of nitrogens with one attached hydrogen (secondary N) is 1. The predicted octanol–water partition coefficient (Wildman–Crippen LogP) is 4.78. The van der Waals surface area contributed by atoms with Gasteiger partial charge in [0.2, 0.25) is 0 Å². The molecule has 3 saturated heterocycles. The molecule has 0 spiro atoms. The van der Waals surface area contributed by atoms with Gasteiger partial charge < -0.3 is 19.5 Å². The number of alkyl carbamates (subject to hydrolysis) is 1. The Morgan fingerprint density at radius 1 is 1.21 bits per heavy atom. The van der Waals surface area contributed by atoms with Crippen LogP contribution in [0, 0.1) is 17.2 Å². The fourth-order valence-electron chi connectivity index (χ4n) is 5.38. The van der Waals surface area contributed by atoms with Gasteiger partial charge in [-0.15, -0.1) is 0 Å². The number of rotatable bonds is 4. The van der Waals surface area contributed by atoms with Gasteiger partial charge in [0, 0.05) is 17.5 Å². The molecule has 0 saturated carbocycles. The monoisotopic (exact) mass is 454 g/mol. The number of hydrogen-bond acceptors (Lipinski definition) is 5. The van der Waals surface area contributed by atoms with E-state index in [9.17, 15) is 9.18 Å². The van der Waals surface area contributed by atoms with Gasteiger partial charge in [0.1, 0.15) is 23.4 Å². The molecule has 7 heteroatoms. The molecule has 3 fully saturated rings. The molecule has 0 aliphatic carbocycles. The molecular formula is C26H31FN2O4. The molecular weight excluding hydrogens is 423 g/mol. The fraction of sp³-hybridized carbons (Fsp3) is 0.500. The maximum Gasteiger partial charge on any atom is 0.407 e. The highest BCUT2D eigenvalue weighted by atomic mass is 19.1. The lowest BCUT2D eigenvalue weighted by Gasteiger charge is -2.44. The zero-order valence-corrected chi connectivity index (χ0v) is 19.4. The van der Waals surface area contributed by atoms with Gasteiger partial charge in [-0.05, 0) is 55.6 Å². The predicted molar refractivity (Wildman–Crippen MR) is 123 cm³/mol. The number of fused-ring (bicyclic) bond motifs is 4. The smallest absolute Gasteiger partial charge is 0.407 e. The Balaban J connectivity index is 1.39. The lowest BCUT2D eigenvalue weighted by atomic mass is 9.78. The zero-order valence-electron chi connectivity index (χ0n) is 19.4. The molecule has 0 aromatic heterocycles. The SMILES string of the molecule is COc1cccc(F)c1-c1ccc2c(c1)OCC(C)(C)C2NC(=O)O[C@@H]1CN2CCC1CC2. The van der Waals surface area contributed by atoms with Crippen LogP contribution in [0.25, 0.3) is 11.1 Å². The van der Waals surface area contributed by atoms with Crippen LogP contribution in [0.15, 0.2) is 36.4 Å². The standard InChI is InChI=1S/C26H31FN2O4/c1-26(2)15-32-21-13-17(23-19(27)5-4-6-20(23)31-3)7-8-18(21)24(26)28-25(30)33-22-14-29-11-9-16(22)10-12-29/h4-8,13,16,22,24H,9-12,14-15H2,1-3H3,(H,28,30)/t22-,24?/m1/s1. The van der Waals surface area contributed by atoms with E-state index in [-0.39, 0.29) is 29.5 Å². The van der Waals surface area contributed by atoms with Gasteiger partial charge >= 0.3 is 6.09 Å². The van der Waals surface area contributed by atoms with Crippen molar-refractivity contribution < 1.29 is 23.4 Å². The number of amides is 1. The van der Waals surface area contributed by atoms with Crippen LogP contribution in [0.3, 0.4) is 0 Å². The van der Waals surface area contributed by atoms with Crippen LogP contribution in [0.4, 0.5) is 9.18 Å². The molecule has 1 N–H and O–H groups in total. The molecule has 2 aromatic carbocycles. The largest absolute Gasteiger partial charge is 0.496 e. The van der Waals surface area contributed by atoms with Gasteiger partial charge in [-0.1, -0.05) is 32.0 Å². The van der Waals surface area contributed by atoms with Gasteiger partial charge in [-0.3, -0.25) is 4.90 Å². The molecule has 4 heterocycles. The summed E-state index contributed by atoms with van der Waals surface area (Å²) in [6, 6.07) is 10.0. The van der Waals surface area contributed by atoms with Gasteiger partial charge in [0.05, 0.1) is 25.3 Å². The van der Waals surface area contributed by atoms with Crippen molar-refractivity contribution in [1.82, 2.24) is 10.2 Å². The first-order chi connectivity index (χ1) is 15.9. The van der Waals surface area contributed by atoms with Gasteiger partial charge in [0.15, 0.2) is 0 Å².